The van der Waals surface area contributed by atoms with E-state index in [0.29, 0.717) is 22.3 Å². The number of aliphatic hydroxyl groups is 1. The van der Waals surface area contributed by atoms with Gasteiger partial charge in [0.15, 0.2) is 11.6 Å². The second-order valence-corrected chi connectivity index (χ2v) is 9.26. The number of hydrogen-bond donors (Lipinski definition) is 1. The van der Waals surface area contributed by atoms with E-state index >= 15 is 0 Å². The smallest absolute Gasteiger partial charge is 0.259 e. The van der Waals surface area contributed by atoms with Crippen molar-refractivity contribution in [2.75, 3.05) is 0 Å². The summed E-state index contributed by atoms with van der Waals surface area (Å²) in [5, 5.41) is 11.1. The number of pyridine rings is 1. The Morgan fingerprint density at radius 3 is 2.42 bits per heavy atom. The van der Waals surface area contributed by atoms with Crippen LogP contribution in [0.15, 0.2) is 53.5 Å². The maximum Gasteiger partial charge on any atom is 0.259 e. The molecule has 7 heteroatoms. The summed E-state index contributed by atoms with van der Waals surface area (Å²) in [6, 6.07) is 10.0. The average molecular weight is 441 g/mol. The number of aryl methyl sites for hydroxylation is 2. The van der Waals surface area contributed by atoms with Gasteiger partial charge in [0, 0.05) is 40.0 Å². The van der Waals surface area contributed by atoms with E-state index in [2.05, 4.69) is 0 Å². The Morgan fingerprint density at radius 1 is 1.03 bits per heavy atom. The molecule has 31 heavy (non-hydrogen) atoms. The highest BCUT2D eigenvalue weighted by molar-refractivity contribution is 7.19. The summed E-state index contributed by atoms with van der Waals surface area (Å²) < 4.78 is 35.7. The van der Waals surface area contributed by atoms with Gasteiger partial charge in [0.05, 0.1) is 11.0 Å². The first-order chi connectivity index (χ1) is 14.5. The molecular weight excluding hydrogens is 420 g/mol. The van der Waals surface area contributed by atoms with Gasteiger partial charge < -0.3 is 14.4 Å². The summed E-state index contributed by atoms with van der Waals surface area (Å²) >= 11 is 1.47. The zero-order valence-electron chi connectivity index (χ0n) is 17.5. The minimum absolute atomic E-state index is 0.117. The SMILES string of the molecule is Cc1cc2c(=O)n(C)cc(-c3cc(C(C)(C)O)ccc3Oc3ccc(F)cc3F)c2s1. The first-order valence-electron chi connectivity index (χ1n) is 9.64. The van der Waals surface area contributed by atoms with E-state index in [-0.39, 0.29) is 11.3 Å². The number of thiophene rings is 1. The molecule has 160 valence electrons. The lowest BCUT2D eigenvalue weighted by Crippen LogP contribution is -2.17. The Labute approximate surface area is 182 Å². The van der Waals surface area contributed by atoms with Gasteiger partial charge in [-0.15, -0.1) is 11.3 Å². The van der Waals surface area contributed by atoms with Crippen LogP contribution in [-0.4, -0.2) is 9.67 Å². The predicted molar refractivity (Wildman–Crippen MR) is 119 cm³/mol. The third kappa shape index (κ3) is 3.98. The summed E-state index contributed by atoms with van der Waals surface area (Å²) in [4.78, 5) is 13.6. The van der Waals surface area contributed by atoms with Gasteiger partial charge in [-0.25, -0.2) is 8.78 Å². The van der Waals surface area contributed by atoms with Crippen molar-refractivity contribution in [2.24, 2.45) is 7.05 Å². The standard InChI is InChI=1S/C24H21F2NO3S/c1-13-9-17-22(31-13)18(12-27(4)23(17)28)16-10-14(24(2,3)29)5-7-20(16)30-21-8-6-15(25)11-19(21)26/h5-12,29H,1-4H3. The Hall–Kier alpha value is -3.03. The summed E-state index contributed by atoms with van der Waals surface area (Å²) in [5.74, 6) is -1.32. The van der Waals surface area contributed by atoms with Gasteiger partial charge >= 0.3 is 0 Å². The normalized spacial score (nSPS) is 11.8. The molecule has 0 saturated heterocycles. The molecule has 0 atom stereocenters. The molecule has 0 unspecified atom stereocenters. The van der Waals surface area contributed by atoms with Crippen LogP contribution < -0.4 is 10.3 Å². The third-order valence-electron chi connectivity index (χ3n) is 5.06. The Bertz CT molecular complexity index is 1370. The van der Waals surface area contributed by atoms with E-state index in [1.165, 1.54) is 22.0 Å². The number of halogens is 2. The zero-order chi connectivity index (χ0) is 22.5. The molecule has 0 amide bonds. The van der Waals surface area contributed by atoms with Gasteiger partial charge in [-0.3, -0.25) is 4.79 Å². The molecule has 2 aromatic carbocycles. The molecular formula is C24H21F2NO3S. The highest BCUT2D eigenvalue weighted by Crippen LogP contribution is 2.41. The summed E-state index contributed by atoms with van der Waals surface area (Å²) in [6.45, 7) is 5.25. The highest BCUT2D eigenvalue weighted by Gasteiger charge is 2.22. The second-order valence-electron chi connectivity index (χ2n) is 8.01. The monoisotopic (exact) mass is 441 g/mol. The molecule has 1 N–H and O–H groups in total. The molecule has 2 aromatic heterocycles. The van der Waals surface area contributed by atoms with E-state index < -0.39 is 17.2 Å². The maximum absolute atomic E-state index is 14.3. The van der Waals surface area contributed by atoms with Gasteiger partial charge in [0.2, 0.25) is 0 Å². The summed E-state index contributed by atoms with van der Waals surface area (Å²) in [6.07, 6.45) is 1.71. The Balaban J connectivity index is 1.99. The summed E-state index contributed by atoms with van der Waals surface area (Å²) in [5.41, 5.74) is 0.697. The van der Waals surface area contributed by atoms with Crippen molar-refractivity contribution >= 4 is 21.4 Å². The van der Waals surface area contributed by atoms with Crippen molar-refractivity contribution in [3.63, 3.8) is 0 Å². The lowest BCUT2D eigenvalue weighted by molar-refractivity contribution is 0.0786. The van der Waals surface area contributed by atoms with E-state index in [0.717, 1.165) is 27.3 Å². The second kappa shape index (κ2) is 7.59. The fraction of sp³-hybridized carbons (Fsp3) is 0.208. The molecule has 0 spiro atoms. The van der Waals surface area contributed by atoms with Crippen molar-refractivity contribution in [1.82, 2.24) is 4.57 Å². The largest absolute Gasteiger partial charge is 0.454 e. The lowest BCUT2D eigenvalue weighted by atomic mass is 9.94. The van der Waals surface area contributed by atoms with Crippen molar-refractivity contribution in [3.05, 3.63) is 81.1 Å². The van der Waals surface area contributed by atoms with Gasteiger partial charge in [-0.05, 0) is 56.7 Å². The third-order valence-corrected chi connectivity index (χ3v) is 6.15. The molecule has 4 aromatic rings. The number of ether oxygens (including phenoxy) is 1. The van der Waals surface area contributed by atoms with Crippen LogP contribution in [0, 0.1) is 18.6 Å². The van der Waals surface area contributed by atoms with Crippen molar-refractivity contribution in [1.29, 1.82) is 0 Å². The Morgan fingerprint density at radius 2 is 1.74 bits per heavy atom. The van der Waals surface area contributed by atoms with Crippen molar-refractivity contribution in [3.8, 4) is 22.6 Å². The van der Waals surface area contributed by atoms with Crippen LogP contribution in [0.3, 0.4) is 0 Å². The van der Waals surface area contributed by atoms with Crippen LogP contribution in [0.1, 0.15) is 24.3 Å². The molecule has 4 nitrogen and oxygen atoms in total. The maximum atomic E-state index is 14.3. The number of hydrogen-bond acceptors (Lipinski definition) is 4. The first kappa shape index (κ1) is 21.2. The van der Waals surface area contributed by atoms with Crippen LogP contribution >= 0.6 is 11.3 Å². The minimum atomic E-state index is -1.13. The molecule has 0 aliphatic rings. The quantitative estimate of drug-likeness (QED) is 0.431. The van der Waals surface area contributed by atoms with E-state index in [1.54, 1.807) is 45.3 Å². The summed E-state index contributed by atoms with van der Waals surface area (Å²) in [7, 11) is 1.66. The van der Waals surface area contributed by atoms with Gasteiger partial charge in [0.1, 0.15) is 11.6 Å². The van der Waals surface area contributed by atoms with Gasteiger partial charge in [-0.2, -0.15) is 0 Å². The number of rotatable bonds is 4. The molecule has 0 aliphatic heterocycles. The average Bonchev–Trinajstić information content (AvgIpc) is 3.08. The molecule has 0 radical (unpaired) electrons. The van der Waals surface area contributed by atoms with E-state index in [4.69, 9.17) is 4.74 Å². The highest BCUT2D eigenvalue weighted by atomic mass is 32.1. The van der Waals surface area contributed by atoms with Crippen LogP contribution in [-0.2, 0) is 12.6 Å². The fourth-order valence-corrected chi connectivity index (χ4v) is 4.48. The van der Waals surface area contributed by atoms with Crippen molar-refractivity contribution in [2.45, 2.75) is 26.4 Å². The Kier molecular flexibility index (Phi) is 5.19. The molecule has 0 saturated carbocycles. The van der Waals surface area contributed by atoms with Crippen LogP contribution in [0.5, 0.6) is 11.5 Å². The lowest BCUT2D eigenvalue weighted by Gasteiger charge is -2.21. The minimum Gasteiger partial charge on any atom is -0.454 e. The number of nitrogens with zero attached hydrogens (tertiary/aromatic N) is 1. The molecule has 0 aliphatic carbocycles. The predicted octanol–water partition coefficient (Wildman–Crippen LogP) is 5.87. The van der Waals surface area contributed by atoms with Gasteiger partial charge in [-0.1, -0.05) is 6.07 Å². The molecule has 0 bridgehead atoms. The molecule has 2 heterocycles. The van der Waals surface area contributed by atoms with Gasteiger partial charge in [0.25, 0.3) is 5.56 Å². The number of aromatic nitrogens is 1. The number of benzene rings is 2. The van der Waals surface area contributed by atoms with Crippen LogP contribution in [0.4, 0.5) is 8.78 Å². The first-order valence-corrected chi connectivity index (χ1v) is 10.5. The number of fused-ring (bicyclic) bond motifs is 1. The molecule has 0 fully saturated rings. The fourth-order valence-electron chi connectivity index (χ4n) is 3.45. The van der Waals surface area contributed by atoms with Crippen molar-refractivity contribution < 1.29 is 18.6 Å². The van der Waals surface area contributed by atoms with E-state index in [1.807, 2.05) is 13.0 Å². The molecule has 4 rings (SSSR count). The van der Waals surface area contributed by atoms with Crippen LogP contribution in [0.25, 0.3) is 21.2 Å². The topological polar surface area (TPSA) is 51.5 Å². The van der Waals surface area contributed by atoms with E-state index in [9.17, 15) is 18.7 Å². The van der Waals surface area contributed by atoms with Crippen LogP contribution in [0.2, 0.25) is 0 Å². The zero-order valence-corrected chi connectivity index (χ0v) is 18.3.